The summed E-state index contributed by atoms with van der Waals surface area (Å²) in [5.41, 5.74) is 5.25. The van der Waals surface area contributed by atoms with Crippen molar-refractivity contribution in [3.8, 4) is 5.75 Å². The van der Waals surface area contributed by atoms with Gasteiger partial charge in [-0.05, 0) is 60.0 Å². The zero-order chi connectivity index (χ0) is 24.2. The van der Waals surface area contributed by atoms with E-state index in [0.29, 0.717) is 13.0 Å². The van der Waals surface area contributed by atoms with Gasteiger partial charge in [-0.15, -0.1) is 0 Å². The fraction of sp³-hybridized carbons (Fsp3) is 0.192. The van der Waals surface area contributed by atoms with E-state index in [4.69, 9.17) is 9.47 Å². The lowest BCUT2D eigenvalue weighted by molar-refractivity contribution is -0.123. The molecule has 7 nitrogen and oxygen atoms in total. The Bertz CT molecular complexity index is 1090. The fourth-order valence-electron chi connectivity index (χ4n) is 3.02. The van der Waals surface area contributed by atoms with Crippen LogP contribution in [0.5, 0.6) is 5.75 Å². The minimum Gasteiger partial charge on any atom is -0.489 e. The normalized spacial score (nSPS) is 11.6. The smallest absolute Gasteiger partial charge is 0.407 e. The molecule has 0 aromatic heterocycles. The number of ether oxygens (including phenoxy) is 2. The molecule has 3 aromatic rings. The van der Waals surface area contributed by atoms with Gasteiger partial charge in [-0.3, -0.25) is 4.79 Å². The molecule has 0 heterocycles. The molecule has 34 heavy (non-hydrogen) atoms. The van der Waals surface area contributed by atoms with E-state index in [-0.39, 0.29) is 6.61 Å². The van der Waals surface area contributed by atoms with Crippen molar-refractivity contribution in [2.75, 3.05) is 6.61 Å². The Morgan fingerprint density at radius 2 is 1.68 bits per heavy atom. The molecule has 0 spiro atoms. The van der Waals surface area contributed by atoms with Crippen molar-refractivity contribution < 1.29 is 19.1 Å². The van der Waals surface area contributed by atoms with Crippen LogP contribution in [-0.4, -0.2) is 30.9 Å². The Morgan fingerprint density at radius 3 is 2.35 bits per heavy atom. The van der Waals surface area contributed by atoms with E-state index in [1.165, 1.54) is 6.21 Å². The third-order valence-electron chi connectivity index (χ3n) is 4.75. The predicted molar refractivity (Wildman–Crippen MR) is 135 cm³/mol. The molecule has 0 bridgehead atoms. The number of benzene rings is 3. The van der Waals surface area contributed by atoms with Crippen LogP contribution in [0.25, 0.3) is 0 Å². The molecule has 0 saturated heterocycles. The predicted octanol–water partition coefficient (Wildman–Crippen LogP) is 4.84. The molecule has 0 radical (unpaired) electrons. The number of carbonyl (C=O) groups is 2. The van der Waals surface area contributed by atoms with Crippen molar-refractivity contribution >= 4 is 34.1 Å². The first-order valence-electron chi connectivity index (χ1n) is 10.8. The minimum atomic E-state index is -0.826. The Hall–Kier alpha value is -3.65. The van der Waals surface area contributed by atoms with Crippen molar-refractivity contribution in [1.29, 1.82) is 0 Å². The topological polar surface area (TPSA) is 89.0 Å². The highest BCUT2D eigenvalue weighted by molar-refractivity contribution is 9.10. The highest BCUT2D eigenvalue weighted by Gasteiger charge is 2.21. The summed E-state index contributed by atoms with van der Waals surface area (Å²) in [7, 11) is 0. The number of hydrogen-bond acceptors (Lipinski definition) is 5. The molecule has 8 heteroatoms. The number of nitrogens with one attached hydrogen (secondary N) is 2. The number of halogens is 1. The molecule has 0 unspecified atom stereocenters. The summed E-state index contributed by atoms with van der Waals surface area (Å²) >= 11 is 3.41. The van der Waals surface area contributed by atoms with E-state index in [2.05, 4.69) is 31.8 Å². The van der Waals surface area contributed by atoms with Crippen LogP contribution in [0.2, 0.25) is 0 Å². The maximum atomic E-state index is 12.7. The first-order chi connectivity index (χ1) is 16.5. The third kappa shape index (κ3) is 8.37. The fourth-order valence-corrected chi connectivity index (χ4v) is 3.28. The van der Waals surface area contributed by atoms with E-state index < -0.39 is 18.0 Å². The van der Waals surface area contributed by atoms with Gasteiger partial charge in [-0.1, -0.05) is 58.4 Å². The van der Waals surface area contributed by atoms with Gasteiger partial charge < -0.3 is 14.8 Å². The Morgan fingerprint density at radius 1 is 0.971 bits per heavy atom. The van der Waals surface area contributed by atoms with E-state index in [1.54, 1.807) is 6.92 Å². The van der Waals surface area contributed by atoms with Gasteiger partial charge in [0.1, 0.15) is 18.4 Å². The minimum absolute atomic E-state index is 0.215. The standard InChI is InChI=1S/C26H26BrN3O4/c1-2-33-26(32)29-24(16-19-6-4-3-5-7-19)25(31)30-28-17-20-10-14-23(15-11-20)34-18-21-8-12-22(27)13-9-21/h3-15,17,24H,2,16,18H2,1H3,(H,29,32)(H,30,31)/b28-17-/t24-/m0/s1. The monoisotopic (exact) mass is 523 g/mol. The van der Waals surface area contributed by atoms with Crippen molar-refractivity contribution in [2.24, 2.45) is 5.10 Å². The summed E-state index contributed by atoms with van der Waals surface area (Å²) in [6.07, 6.45) is 1.19. The number of amides is 2. The summed E-state index contributed by atoms with van der Waals surface area (Å²) in [4.78, 5) is 24.5. The van der Waals surface area contributed by atoms with E-state index in [0.717, 1.165) is 26.9 Å². The summed E-state index contributed by atoms with van der Waals surface area (Å²) in [6.45, 7) is 2.38. The number of rotatable bonds is 10. The molecule has 1 atom stereocenters. The molecule has 0 aliphatic heterocycles. The van der Waals surface area contributed by atoms with Gasteiger partial charge in [-0.25, -0.2) is 10.2 Å². The van der Waals surface area contributed by atoms with Gasteiger partial charge in [0.2, 0.25) is 0 Å². The molecule has 176 valence electrons. The Kier molecular flexibility index (Phi) is 9.66. The number of alkyl carbamates (subject to hydrolysis) is 1. The average Bonchev–Trinajstić information content (AvgIpc) is 2.85. The van der Waals surface area contributed by atoms with Gasteiger partial charge in [0, 0.05) is 10.9 Å². The highest BCUT2D eigenvalue weighted by Crippen LogP contribution is 2.15. The molecule has 0 aliphatic carbocycles. The van der Waals surface area contributed by atoms with E-state index in [9.17, 15) is 9.59 Å². The number of hydrazone groups is 1. The van der Waals surface area contributed by atoms with Crippen molar-refractivity contribution in [3.05, 3.63) is 100 Å². The molecule has 0 aliphatic rings. The number of nitrogens with zero attached hydrogens (tertiary/aromatic N) is 1. The Labute approximate surface area is 207 Å². The maximum absolute atomic E-state index is 12.7. The van der Waals surface area contributed by atoms with Gasteiger partial charge in [0.25, 0.3) is 5.91 Å². The van der Waals surface area contributed by atoms with Crippen LogP contribution in [0.1, 0.15) is 23.6 Å². The van der Waals surface area contributed by atoms with Gasteiger partial charge >= 0.3 is 6.09 Å². The summed E-state index contributed by atoms with van der Waals surface area (Å²) in [5, 5.41) is 6.61. The van der Waals surface area contributed by atoms with Gasteiger partial charge in [-0.2, -0.15) is 5.10 Å². The largest absolute Gasteiger partial charge is 0.489 e. The van der Waals surface area contributed by atoms with Crippen LogP contribution in [0.15, 0.2) is 88.4 Å². The molecular weight excluding hydrogens is 498 g/mol. The van der Waals surface area contributed by atoms with Crippen molar-refractivity contribution in [3.63, 3.8) is 0 Å². The molecule has 0 fully saturated rings. The van der Waals surface area contributed by atoms with Crippen LogP contribution in [0.4, 0.5) is 4.79 Å². The lowest BCUT2D eigenvalue weighted by Gasteiger charge is -2.16. The lowest BCUT2D eigenvalue weighted by Crippen LogP contribution is -2.47. The Balaban J connectivity index is 1.54. The quantitative estimate of drug-likeness (QED) is 0.294. The van der Waals surface area contributed by atoms with Crippen molar-refractivity contribution in [1.82, 2.24) is 10.7 Å². The zero-order valence-electron chi connectivity index (χ0n) is 18.7. The zero-order valence-corrected chi connectivity index (χ0v) is 20.3. The van der Waals surface area contributed by atoms with Crippen LogP contribution >= 0.6 is 15.9 Å². The average molecular weight is 524 g/mol. The number of hydrogen-bond donors (Lipinski definition) is 2. The first-order valence-corrected chi connectivity index (χ1v) is 11.6. The number of carbonyl (C=O) groups excluding carboxylic acids is 2. The van der Waals surface area contributed by atoms with Crippen LogP contribution in [0.3, 0.4) is 0 Å². The second-order valence-electron chi connectivity index (χ2n) is 7.33. The lowest BCUT2D eigenvalue weighted by atomic mass is 10.1. The molecule has 2 amide bonds. The van der Waals surface area contributed by atoms with Gasteiger partial charge in [0.15, 0.2) is 0 Å². The maximum Gasteiger partial charge on any atom is 0.407 e. The molecule has 3 aromatic carbocycles. The SMILES string of the molecule is CCOC(=O)N[C@@H](Cc1ccccc1)C(=O)N/N=C\c1ccc(OCc2ccc(Br)cc2)cc1. The summed E-state index contributed by atoms with van der Waals surface area (Å²) < 4.78 is 11.7. The summed E-state index contributed by atoms with van der Waals surface area (Å²) in [5.74, 6) is 0.285. The van der Waals surface area contributed by atoms with E-state index in [1.807, 2.05) is 78.9 Å². The highest BCUT2D eigenvalue weighted by atomic mass is 79.9. The summed E-state index contributed by atoms with van der Waals surface area (Å²) in [6, 6.07) is 23.9. The van der Waals surface area contributed by atoms with Gasteiger partial charge in [0.05, 0.1) is 12.8 Å². The second kappa shape index (κ2) is 13.2. The molecular formula is C26H26BrN3O4. The van der Waals surface area contributed by atoms with Crippen LogP contribution < -0.4 is 15.5 Å². The first kappa shape index (κ1) is 25.0. The molecule has 0 saturated carbocycles. The molecule has 3 rings (SSSR count). The molecule has 2 N–H and O–H groups in total. The van der Waals surface area contributed by atoms with Crippen LogP contribution in [0, 0.1) is 0 Å². The van der Waals surface area contributed by atoms with Crippen LogP contribution in [-0.2, 0) is 22.6 Å². The van der Waals surface area contributed by atoms with E-state index >= 15 is 0 Å². The third-order valence-corrected chi connectivity index (χ3v) is 5.28. The van der Waals surface area contributed by atoms with Crippen molar-refractivity contribution in [2.45, 2.75) is 26.0 Å². The second-order valence-corrected chi connectivity index (χ2v) is 8.24.